The van der Waals surface area contributed by atoms with Crippen LogP contribution in [0.2, 0.25) is 0 Å². The van der Waals surface area contributed by atoms with Crippen LogP contribution in [-0.4, -0.2) is 18.2 Å². The number of hydrogen-bond acceptors (Lipinski definition) is 3. The van der Waals surface area contributed by atoms with Crippen molar-refractivity contribution in [2.75, 3.05) is 6.61 Å². The summed E-state index contributed by atoms with van der Waals surface area (Å²) in [6.07, 6.45) is 2.60. The summed E-state index contributed by atoms with van der Waals surface area (Å²) in [4.78, 5) is 25.7. The van der Waals surface area contributed by atoms with Crippen LogP contribution in [0, 0.1) is 5.41 Å². The average Bonchev–Trinajstić information content (AvgIpc) is 3.00. The van der Waals surface area contributed by atoms with E-state index in [2.05, 4.69) is 0 Å². The Labute approximate surface area is 141 Å². The molecule has 2 aliphatic rings. The van der Waals surface area contributed by atoms with Crippen molar-refractivity contribution in [2.45, 2.75) is 19.3 Å². The second kappa shape index (κ2) is 5.45. The summed E-state index contributed by atoms with van der Waals surface area (Å²) in [5.74, 6) is 0.482. The second-order valence-corrected chi connectivity index (χ2v) is 6.46. The number of hydrogen-bond donors (Lipinski definition) is 0. The molecule has 1 spiro atoms. The first-order valence-electron chi connectivity index (χ1n) is 8.18. The predicted octanol–water partition coefficient (Wildman–Crippen LogP) is 3.95. The van der Waals surface area contributed by atoms with E-state index in [0.29, 0.717) is 23.3 Å². The molecular weight excluding hydrogens is 300 g/mol. The van der Waals surface area contributed by atoms with Gasteiger partial charge in [-0.25, -0.2) is 0 Å². The number of fused-ring (bicyclic) bond motifs is 1. The molecule has 4 rings (SSSR count). The lowest BCUT2D eigenvalue weighted by Gasteiger charge is -2.39. The SMILES string of the molecule is CC(=O)C1=CC[C@H](c2ccccc2)[C@]12COc1ccccc1C2=O. The van der Waals surface area contributed by atoms with Crippen LogP contribution >= 0.6 is 0 Å². The van der Waals surface area contributed by atoms with E-state index in [0.717, 1.165) is 5.56 Å². The highest BCUT2D eigenvalue weighted by atomic mass is 16.5. The van der Waals surface area contributed by atoms with Gasteiger partial charge in [-0.05, 0) is 31.0 Å². The molecule has 1 aliphatic carbocycles. The largest absolute Gasteiger partial charge is 0.491 e. The van der Waals surface area contributed by atoms with Crippen LogP contribution in [0.4, 0.5) is 0 Å². The lowest BCUT2D eigenvalue weighted by atomic mass is 9.65. The highest BCUT2D eigenvalue weighted by Crippen LogP contribution is 2.54. The Hall–Kier alpha value is -2.68. The predicted molar refractivity (Wildman–Crippen MR) is 91.3 cm³/mol. The van der Waals surface area contributed by atoms with Gasteiger partial charge in [0.25, 0.3) is 0 Å². The minimum atomic E-state index is -0.915. The van der Waals surface area contributed by atoms with Gasteiger partial charge in [-0.1, -0.05) is 48.5 Å². The first-order chi connectivity index (χ1) is 11.6. The second-order valence-electron chi connectivity index (χ2n) is 6.46. The highest BCUT2D eigenvalue weighted by molar-refractivity contribution is 6.13. The van der Waals surface area contributed by atoms with Gasteiger partial charge in [-0.3, -0.25) is 9.59 Å². The fraction of sp³-hybridized carbons (Fsp3) is 0.238. The summed E-state index contributed by atoms with van der Waals surface area (Å²) in [6, 6.07) is 17.2. The van der Waals surface area contributed by atoms with Crippen molar-refractivity contribution in [3.8, 4) is 5.75 Å². The Balaban J connectivity index is 1.89. The van der Waals surface area contributed by atoms with Gasteiger partial charge in [-0.2, -0.15) is 0 Å². The van der Waals surface area contributed by atoms with Crippen LogP contribution in [-0.2, 0) is 4.79 Å². The fourth-order valence-corrected chi connectivity index (χ4v) is 4.11. The molecule has 0 saturated carbocycles. The Kier molecular flexibility index (Phi) is 3.38. The molecule has 24 heavy (non-hydrogen) atoms. The van der Waals surface area contributed by atoms with E-state index in [-0.39, 0.29) is 24.1 Å². The number of carbonyl (C=O) groups excluding carboxylic acids is 2. The summed E-state index contributed by atoms with van der Waals surface area (Å²) in [5.41, 5.74) is 1.32. The number of Topliss-reactive ketones (excluding diaryl/α,β-unsaturated/α-hetero) is 2. The molecule has 2 atom stereocenters. The van der Waals surface area contributed by atoms with Crippen LogP contribution < -0.4 is 4.74 Å². The van der Waals surface area contributed by atoms with E-state index in [4.69, 9.17) is 4.74 Å². The fourth-order valence-electron chi connectivity index (χ4n) is 4.11. The summed E-state index contributed by atoms with van der Waals surface area (Å²) in [6.45, 7) is 1.75. The van der Waals surface area contributed by atoms with E-state index in [9.17, 15) is 9.59 Å². The normalized spacial score (nSPS) is 25.1. The summed E-state index contributed by atoms with van der Waals surface area (Å²) >= 11 is 0. The third-order valence-electron chi connectivity index (χ3n) is 5.21. The third-order valence-corrected chi connectivity index (χ3v) is 5.21. The zero-order valence-electron chi connectivity index (χ0n) is 13.5. The van der Waals surface area contributed by atoms with Crippen LogP contribution in [0.1, 0.15) is 35.2 Å². The molecule has 2 aromatic rings. The van der Waals surface area contributed by atoms with Gasteiger partial charge in [0.2, 0.25) is 0 Å². The monoisotopic (exact) mass is 318 g/mol. The number of carbonyl (C=O) groups is 2. The van der Waals surface area contributed by atoms with E-state index in [1.165, 1.54) is 6.92 Å². The van der Waals surface area contributed by atoms with Gasteiger partial charge in [0, 0.05) is 11.5 Å². The summed E-state index contributed by atoms with van der Waals surface area (Å²) < 4.78 is 5.95. The van der Waals surface area contributed by atoms with Crippen LogP contribution in [0.5, 0.6) is 5.75 Å². The Morgan fingerprint density at radius 2 is 1.79 bits per heavy atom. The lowest BCUT2D eigenvalue weighted by molar-refractivity contribution is -0.114. The average molecular weight is 318 g/mol. The Bertz CT molecular complexity index is 850. The number of allylic oxidation sites excluding steroid dienone is 1. The van der Waals surface area contributed by atoms with Gasteiger partial charge in [-0.15, -0.1) is 0 Å². The molecule has 3 heteroatoms. The number of para-hydroxylation sites is 1. The standard InChI is InChI=1S/C21H18O3/c1-14(22)17-11-12-18(15-7-3-2-4-8-15)21(17)13-24-19-10-6-5-9-16(19)20(21)23/h2-11,18H,12-13H2,1H3/t18-,21+/m1/s1. The Morgan fingerprint density at radius 3 is 2.54 bits per heavy atom. The van der Waals surface area contributed by atoms with Crippen LogP contribution in [0.3, 0.4) is 0 Å². The molecule has 0 amide bonds. The summed E-state index contributed by atoms with van der Waals surface area (Å²) in [5, 5.41) is 0. The molecule has 0 N–H and O–H groups in total. The van der Waals surface area contributed by atoms with E-state index in [1.807, 2.05) is 54.6 Å². The molecule has 0 fully saturated rings. The molecule has 1 aliphatic heterocycles. The van der Waals surface area contributed by atoms with E-state index in [1.54, 1.807) is 6.07 Å². The van der Waals surface area contributed by atoms with E-state index < -0.39 is 5.41 Å². The first kappa shape index (κ1) is 14.9. The van der Waals surface area contributed by atoms with Crippen molar-refractivity contribution in [3.05, 3.63) is 77.4 Å². The number of rotatable bonds is 2. The van der Waals surface area contributed by atoms with Crippen molar-refractivity contribution >= 4 is 11.6 Å². The van der Waals surface area contributed by atoms with Crippen molar-refractivity contribution in [1.29, 1.82) is 0 Å². The van der Waals surface area contributed by atoms with Crippen molar-refractivity contribution in [3.63, 3.8) is 0 Å². The smallest absolute Gasteiger partial charge is 0.181 e. The number of ketones is 2. The molecule has 0 unspecified atom stereocenters. The van der Waals surface area contributed by atoms with Gasteiger partial charge in [0.05, 0.1) is 5.56 Å². The van der Waals surface area contributed by atoms with Crippen molar-refractivity contribution in [2.24, 2.45) is 5.41 Å². The molecule has 0 radical (unpaired) electrons. The minimum absolute atomic E-state index is 0.00264. The molecule has 2 aromatic carbocycles. The maximum absolute atomic E-state index is 13.5. The molecule has 0 bridgehead atoms. The maximum Gasteiger partial charge on any atom is 0.181 e. The number of benzene rings is 2. The molecular formula is C21H18O3. The van der Waals surface area contributed by atoms with Crippen LogP contribution in [0.25, 0.3) is 0 Å². The van der Waals surface area contributed by atoms with Gasteiger partial charge < -0.3 is 4.74 Å². The lowest BCUT2D eigenvalue weighted by Crippen LogP contribution is -2.46. The molecule has 3 nitrogen and oxygen atoms in total. The van der Waals surface area contributed by atoms with E-state index >= 15 is 0 Å². The zero-order valence-corrected chi connectivity index (χ0v) is 13.5. The van der Waals surface area contributed by atoms with Crippen molar-refractivity contribution in [1.82, 2.24) is 0 Å². The van der Waals surface area contributed by atoms with Gasteiger partial charge >= 0.3 is 0 Å². The number of ether oxygens (including phenoxy) is 1. The first-order valence-corrected chi connectivity index (χ1v) is 8.18. The quantitative estimate of drug-likeness (QED) is 0.842. The van der Waals surface area contributed by atoms with Crippen LogP contribution in [0.15, 0.2) is 66.2 Å². The maximum atomic E-state index is 13.5. The zero-order chi connectivity index (χ0) is 16.7. The molecule has 0 aromatic heterocycles. The third kappa shape index (κ3) is 1.97. The summed E-state index contributed by atoms with van der Waals surface area (Å²) in [7, 11) is 0. The minimum Gasteiger partial charge on any atom is -0.491 e. The molecule has 120 valence electrons. The van der Waals surface area contributed by atoms with Gasteiger partial charge in [0.1, 0.15) is 17.8 Å². The van der Waals surface area contributed by atoms with Gasteiger partial charge in [0.15, 0.2) is 11.6 Å². The topological polar surface area (TPSA) is 43.4 Å². The molecule has 1 heterocycles. The van der Waals surface area contributed by atoms with Crippen molar-refractivity contribution < 1.29 is 14.3 Å². The Morgan fingerprint density at radius 1 is 1.08 bits per heavy atom. The highest BCUT2D eigenvalue weighted by Gasteiger charge is 2.56. The molecule has 0 saturated heterocycles.